The lowest BCUT2D eigenvalue weighted by molar-refractivity contribution is 0.293. The van der Waals surface area contributed by atoms with E-state index in [-0.39, 0.29) is 5.15 Å². The number of hydrogen-bond acceptors (Lipinski definition) is 3. The lowest BCUT2D eigenvalue weighted by Crippen LogP contribution is -1.95. The number of H-pyrrole nitrogens is 1. The Hall–Kier alpha value is -1.55. The van der Waals surface area contributed by atoms with Gasteiger partial charge < -0.3 is 4.74 Å². The highest BCUT2D eigenvalue weighted by Crippen LogP contribution is 2.17. The topological polar surface area (TPSA) is 50.8 Å². The molecule has 0 aliphatic carbocycles. The zero-order chi connectivity index (χ0) is 9.80. The third kappa shape index (κ3) is 2.03. The molecule has 72 valence electrons. The van der Waals surface area contributed by atoms with E-state index in [1.54, 1.807) is 0 Å². The first-order valence-corrected chi connectivity index (χ1v) is 4.47. The molecular formula is C9H8ClN3O. The van der Waals surface area contributed by atoms with Crippen LogP contribution >= 0.6 is 11.6 Å². The molecule has 14 heavy (non-hydrogen) atoms. The van der Waals surface area contributed by atoms with Crippen LogP contribution in [0.25, 0.3) is 0 Å². The molecule has 1 aromatic carbocycles. The van der Waals surface area contributed by atoms with Crippen LogP contribution in [-0.4, -0.2) is 15.4 Å². The summed E-state index contributed by atoms with van der Waals surface area (Å²) in [7, 11) is 0. The smallest absolute Gasteiger partial charge is 0.273 e. The summed E-state index contributed by atoms with van der Waals surface area (Å²) in [5, 5.41) is 10.0. The maximum atomic E-state index is 5.68. The van der Waals surface area contributed by atoms with E-state index in [0.717, 1.165) is 5.56 Å². The molecule has 0 aliphatic rings. The van der Waals surface area contributed by atoms with Gasteiger partial charge in [0.2, 0.25) is 5.15 Å². The van der Waals surface area contributed by atoms with Crippen LogP contribution in [0, 0.1) is 0 Å². The Morgan fingerprint density at radius 1 is 1.21 bits per heavy atom. The maximum absolute atomic E-state index is 5.68. The Bertz CT molecular complexity index is 401. The predicted molar refractivity (Wildman–Crippen MR) is 52.2 cm³/mol. The van der Waals surface area contributed by atoms with Crippen LogP contribution in [0.1, 0.15) is 5.56 Å². The van der Waals surface area contributed by atoms with Crippen molar-refractivity contribution in [2.24, 2.45) is 0 Å². The lowest BCUT2D eigenvalue weighted by Gasteiger charge is -2.01. The van der Waals surface area contributed by atoms with Gasteiger partial charge in [0.1, 0.15) is 6.61 Å². The second kappa shape index (κ2) is 4.11. The molecule has 4 nitrogen and oxygen atoms in total. The first kappa shape index (κ1) is 9.02. The molecule has 1 aromatic heterocycles. The van der Waals surface area contributed by atoms with Crippen LogP contribution in [-0.2, 0) is 6.61 Å². The van der Waals surface area contributed by atoms with E-state index in [4.69, 9.17) is 16.3 Å². The minimum atomic E-state index is 0.251. The summed E-state index contributed by atoms with van der Waals surface area (Å²) in [6, 6.07) is 9.78. The molecular weight excluding hydrogens is 202 g/mol. The Labute approximate surface area is 85.9 Å². The number of aromatic amines is 1. The fourth-order valence-electron chi connectivity index (χ4n) is 1.03. The van der Waals surface area contributed by atoms with Crippen LogP contribution in [0.4, 0.5) is 0 Å². The van der Waals surface area contributed by atoms with Gasteiger partial charge >= 0.3 is 0 Å². The molecule has 1 heterocycles. The number of rotatable bonds is 3. The average molecular weight is 210 g/mol. The van der Waals surface area contributed by atoms with Gasteiger partial charge in [0.25, 0.3) is 5.88 Å². The third-order valence-electron chi connectivity index (χ3n) is 1.69. The van der Waals surface area contributed by atoms with Crippen LogP contribution < -0.4 is 4.74 Å². The molecule has 0 aliphatic heterocycles. The second-order valence-electron chi connectivity index (χ2n) is 2.69. The Kier molecular flexibility index (Phi) is 2.65. The van der Waals surface area contributed by atoms with Crippen molar-refractivity contribution in [3.63, 3.8) is 0 Å². The van der Waals surface area contributed by atoms with E-state index in [0.29, 0.717) is 12.5 Å². The van der Waals surface area contributed by atoms with Crippen molar-refractivity contribution in [3.05, 3.63) is 41.0 Å². The monoisotopic (exact) mass is 209 g/mol. The number of benzene rings is 1. The van der Waals surface area contributed by atoms with Gasteiger partial charge in [-0.3, -0.25) is 0 Å². The van der Waals surface area contributed by atoms with Crippen LogP contribution in [0.15, 0.2) is 30.3 Å². The fourth-order valence-corrected chi connectivity index (χ4v) is 1.16. The molecule has 2 aromatic rings. The summed E-state index contributed by atoms with van der Waals surface area (Å²) in [5.74, 6) is 0.329. The third-order valence-corrected chi connectivity index (χ3v) is 1.94. The highest BCUT2D eigenvalue weighted by Gasteiger charge is 2.05. The van der Waals surface area contributed by atoms with Crippen molar-refractivity contribution >= 4 is 11.6 Å². The summed E-state index contributed by atoms with van der Waals surface area (Å²) >= 11 is 5.68. The standard InChI is InChI=1S/C9H8ClN3O/c10-8-9(12-13-11-8)14-6-7-4-2-1-3-5-7/h1-5H,6H2,(H,11,12,13). The maximum Gasteiger partial charge on any atom is 0.273 e. The zero-order valence-electron chi connectivity index (χ0n) is 7.27. The van der Waals surface area contributed by atoms with E-state index in [1.165, 1.54) is 0 Å². The number of ether oxygens (including phenoxy) is 1. The van der Waals surface area contributed by atoms with Gasteiger partial charge in [0.15, 0.2) is 0 Å². The minimum absolute atomic E-state index is 0.251. The van der Waals surface area contributed by atoms with Gasteiger partial charge in [0.05, 0.1) is 0 Å². The van der Waals surface area contributed by atoms with Crippen LogP contribution in [0.5, 0.6) is 5.88 Å². The molecule has 0 radical (unpaired) electrons. The molecule has 0 atom stereocenters. The summed E-state index contributed by atoms with van der Waals surface area (Å²) < 4.78 is 5.33. The summed E-state index contributed by atoms with van der Waals surface area (Å²) in [6.45, 7) is 0.438. The van der Waals surface area contributed by atoms with E-state index >= 15 is 0 Å². The Morgan fingerprint density at radius 3 is 2.64 bits per heavy atom. The van der Waals surface area contributed by atoms with E-state index < -0.39 is 0 Å². The number of hydrogen-bond donors (Lipinski definition) is 1. The molecule has 0 amide bonds. The van der Waals surface area contributed by atoms with Gasteiger partial charge in [-0.05, 0) is 5.56 Å². The highest BCUT2D eigenvalue weighted by molar-refractivity contribution is 6.30. The quantitative estimate of drug-likeness (QED) is 0.842. The van der Waals surface area contributed by atoms with Gasteiger partial charge in [0, 0.05) is 0 Å². The molecule has 1 N–H and O–H groups in total. The number of halogens is 1. The van der Waals surface area contributed by atoms with Crippen molar-refractivity contribution in [3.8, 4) is 5.88 Å². The molecule has 0 fully saturated rings. The van der Waals surface area contributed by atoms with Crippen molar-refractivity contribution in [2.45, 2.75) is 6.61 Å². The Morgan fingerprint density at radius 2 is 2.00 bits per heavy atom. The second-order valence-corrected chi connectivity index (χ2v) is 3.05. The number of aromatic nitrogens is 3. The summed E-state index contributed by atoms with van der Waals surface area (Å²) in [4.78, 5) is 0. The molecule has 2 rings (SSSR count). The molecule has 5 heteroatoms. The fraction of sp³-hybridized carbons (Fsp3) is 0.111. The van der Waals surface area contributed by atoms with Gasteiger partial charge in [-0.15, -0.1) is 10.2 Å². The normalized spacial score (nSPS) is 10.1. The molecule has 0 unspecified atom stereocenters. The molecule has 0 bridgehead atoms. The highest BCUT2D eigenvalue weighted by atomic mass is 35.5. The Balaban J connectivity index is 1.99. The first-order chi connectivity index (χ1) is 6.86. The number of nitrogens with zero attached hydrogens (tertiary/aromatic N) is 2. The van der Waals surface area contributed by atoms with Crippen molar-refractivity contribution in [1.29, 1.82) is 0 Å². The molecule has 0 spiro atoms. The first-order valence-electron chi connectivity index (χ1n) is 4.09. The molecule has 0 saturated carbocycles. The minimum Gasteiger partial charge on any atom is -0.470 e. The lowest BCUT2D eigenvalue weighted by atomic mass is 10.2. The van der Waals surface area contributed by atoms with E-state index in [9.17, 15) is 0 Å². The summed E-state index contributed by atoms with van der Waals surface area (Å²) in [5.41, 5.74) is 1.06. The average Bonchev–Trinajstić information content (AvgIpc) is 2.63. The number of nitrogens with one attached hydrogen (secondary N) is 1. The molecule has 0 saturated heterocycles. The predicted octanol–water partition coefficient (Wildman–Crippen LogP) is 2.04. The van der Waals surface area contributed by atoms with E-state index in [1.807, 2.05) is 30.3 Å². The van der Waals surface area contributed by atoms with Crippen LogP contribution in [0.2, 0.25) is 5.15 Å². The van der Waals surface area contributed by atoms with Crippen molar-refractivity contribution in [1.82, 2.24) is 15.4 Å². The largest absolute Gasteiger partial charge is 0.470 e. The van der Waals surface area contributed by atoms with Gasteiger partial charge in [-0.2, -0.15) is 5.21 Å². The van der Waals surface area contributed by atoms with Crippen LogP contribution in [0.3, 0.4) is 0 Å². The van der Waals surface area contributed by atoms with E-state index in [2.05, 4.69) is 15.4 Å². The van der Waals surface area contributed by atoms with Gasteiger partial charge in [-0.25, -0.2) is 0 Å². The SMILES string of the molecule is Clc1n[nH]nc1OCc1ccccc1. The zero-order valence-corrected chi connectivity index (χ0v) is 8.03. The summed E-state index contributed by atoms with van der Waals surface area (Å²) in [6.07, 6.45) is 0. The van der Waals surface area contributed by atoms with Gasteiger partial charge in [-0.1, -0.05) is 41.9 Å². The van der Waals surface area contributed by atoms with Crippen molar-refractivity contribution in [2.75, 3.05) is 0 Å². The van der Waals surface area contributed by atoms with Crippen molar-refractivity contribution < 1.29 is 4.74 Å².